The van der Waals surface area contributed by atoms with Crippen molar-refractivity contribution in [2.45, 2.75) is 20.3 Å². The van der Waals surface area contributed by atoms with E-state index < -0.39 is 0 Å². The monoisotopic (exact) mass is 186 g/mol. The van der Waals surface area contributed by atoms with Gasteiger partial charge in [-0.15, -0.1) is 0 Å². The number of fused-ring (bicyclic) bond motifs is 1. The number of aromatic nitrogens is 2. The van der Waals surface area contributed by atoms with Gasteiger partial charge < -0.3 is 0 Å². The number of nitrogens with one attached hydrogen (secondary N) is 1. The molecule has 0 spiro atoms. The fourth-order valence-corrected chi connectivity index (χ4v) is 1.48. The lowest BCUT2D eigenvalue weighted by Crippen LogP contribution is -1.82. The zero-order chi connectivity index (χ0) is 9.97. The number of hydrogen-bond acceptors (Lipinski definition) is 1. The van der Waals surface area contributed by atoms with E-state index in [1.54, 1.807) is 0 Å². The van der Waals surface area contributed by atoms with Crippen molar-refractivity contribution in [1.82, 2.24) is 10.2 Å². The van der Waals surface area contributed by atoms with Gasteiger partial charge in [0.25, 0.3) is 0 Å². The Labute approximate surface area is 83.6 Å². The second-order valence-electron chi connectivity index (χ2n) is 3.70. The summed E-state index contributed by atoms with van der Waals surface area (Å²) in [6, 6.07) is 8.22. The molecule has 0 aliphatic rings. The van der Waals surface area contributed by atoms with Crippen LogP contribution in [0.2, 0.25) is 0 Å². The van der Waals surface area contributed by atoms with Gasteiger partial charge in [-0.1, -0.05) is 29.8 Å². The molecule has 1 aromatic carbocycles. The van der Waals surface area contributed by atoms with Gasteiger partial charge in [0.05, 0.1) is 11.2 Å². The van der Waals surface area contributed by atoms with Crippen LogP contribution in [0.15, 0.2) is 35.9 Å². The lowest BCUT2D eigenvalue weighted by Gasteiger charge is -1.92. The summed E-state index contributed by atoms with van der Waals surface area (Å²) < 4.78 is 0. The quantitative estimate of drug-likeness (QED) is 0.717. The largest absolute Gasteiger partial charge is 0.278 e. The molecule has 0 bridgehead atoms. The van der Waals surface area contributed by atoms with Crippen LogP contribution in [0, 0.1) is 0 Å². The molecule has 72 valence electrons. The summed E-state index contributed by atoms with van der Waals surface area (Å²) in [5.74, 6) is 0. The molecular formula is C12H14N2. The Hall–Kier alpha value is -1.57. The van der Waals surface area contributed by atoms with Crippen LogP contribution in [0.4, 0.5) is 0 Å². The molecule has 0 aliphatic carbocycles. The van der Waals surface area contributed by atoms with Crippen molar-refractivity contribution < 1.29 is 0 Å². The maximum atomic E-state index is 4.30. The average molecular weight is 186 g/mol. The van der Waals surface area contributed by atoms with Crippen molar-refractivity contribution in [1.29, 1.82) is 0 Å². The predicted octanol–water partition coefficient (Wildman–Crippen LogP) is 3.07. The molecule has 1 heterocycles. The molecule has 14 heavy (non-hydrogen) atoms. The van der Waals surface area contributed by atoms with Gasteiger partial charge in [0.1, 0.15) is 0 Å². The standard InChI is InChI=1S/C12H14N2/c1-9(2)7-8-12-10-5-3-4-6-11(10)13-14-12/h3-7H,8H2,1-2H3,(H,13,14). The van der Waals surface area contributed by atoms with E-state index in [1.165, 1.54) is 11.0 Å². The van der Waals surface area contributed by atoms with E-state index in [4.69, 9.17) is 0 Å². The number of allylic oxidation sites excluding steroid dienone is 2. The normalized spacial score (nSPS) is 10.4. The fourth-order valence-electron chi connectivity index (χ4n) is 1.48. The molecule has 1 N–H and O–H groups in total. The molecule has 2 rings (SSSR count). The molecule has 1 aromatic heterocycles. The summed E-state index contributed by atoms with van der Waals surface area (Å²) >= 11 is 0. The van der Waals surface area contributed by atoms with Gasteiger partial charge in [-0.25, -0.2) is 0 Å². The fraction of sp³-hybridized carbons (Fsp3) is 0.250. The van der Waals surface area contributed by atoms with Crippen LogP contribution in [0.25, 0.3) is 10.9 Å². The van der Waals surface area contributed by atoms with Crippen molar-refractivity contribution in [3.8, 4) is 0 Å². The summed E-state index contributed by atoms with van der Waals surface area (Å²) in [5.41, 5.74) is 3.57. The number of para-hydroxylation sites is 1. The van der Waals surface area contributed by atoms with Crippen LogP contribution >= 0.6 is 0 Å². The van der Waals surface area contributed by atoms with Crippen LogP contribution in [0.3, 0.4) is 0 Å². The van der Waals surface area contributed by atoms with Crippen molar-refractivity contribution in [3.05, 3.63) is 41.6 Å². The van der Waals surface area contributed by atoms with Crippen LogP contribution in [-0.4, -0.2) is 10.2 Å². The van der Waals surface area contributed by atoms with E-state index >= 15 is 0 Å². The van der Waals surface area contributed by atoms with E-state index in [0.29, 0.717) is 0 Å². The van der Waals surface area contributed by atoms with Gasteiger partial charge in [0, 0.05) is 11.8 Å². The van der Waals surface area contributed by atoms with Gasteiger partial charge in [0.15, 0.2) is 0 Å². The highest BCUT2D eigenvalue weighted by atomic mass is 15.1. The number of H-pyrrole nitrogens is 1. The first-order chi connectivity index (χ1) is 6.77. The van der Waals surface area contributed by atoms with Crippen LogP contribution in [0.1, 0.15) is 19.5 Å². The third-order valence-corrected chi connectivity index (χ3v) is 2.25. The molecule has 0 saturated carbocycles. The maximum absolute atomic E-state index is 4.30. The van der Waals surface area contributed by atoms with Crippen molar-refractivity contribution in [2.24, 2.45) is 0 Å². The van der Waals surface area contributed by atoms with E-state index in [9.17, 15) is 0 Å². The summed E-state index contributed by atoms with van der Waals surface area (Å²) in [5, 5.41) is 8.56. The van der Waals surface area contributed by atoms with Crippen LogP contribution in [0.5, 0.6) is 0 Å². The third-order valence-electron chi connectivity index (χ3n) is 2.25. The van der Waals surface area contributed by atoms with Gasteiger partial charge >= 0.3 is 0 Å². The predicted molar refractivity (Wildman–Crippen MR) is 59.2 cm³/mol. The van der Waals surface area contributed by atoms with Crippen molar-refractivity contribution in [2.75, 3.05) is 0 Å². The zero-order valence-corrected chi connectivity index (χ0v) is 8.54. The molecule has 0 saturated heterocycles. The number of hydrogen-bond donors (Lipinski definition) is 1. The molecular weight excluding hydrogens is 172 g/mol. The molecule has 0 unspecified atom stereocenters. The first kappa shape index (κ1) is 9.00. The summed E-state index contributed by atoms with van der Waals surface area (Å²) in [6.45, 7) is 4.21. The first-order valence-corrected chi connectivity index (χ1v) is 4.83. The summed E-state index contributed by atoms with van der Waals surface area (Å²) in [7, 11) is 0. The summed E-state index contributed by atoms with van der Waals surface area (Å²) in [4.78, 5) is 0. The van der Waals surface area contributed by atoms with E-state index in [1.807, 2.05) is 18.2 Å². The molecule has 0 radical (unpaired) electrons. The minimum absolute atomic E-state index is 0.909. The topological polar surface area (TPSA) is 28.7 Å². The SMILES string of the molecule is CC(C)=CCc1n[nH]c2ccccc12. The molecule has 2 nitrogen and oxygen atoms in total. The van der Waals surface area contributed by atoms with E-state index in [2.05, 4.69) is 36.2 Å². The minimum Gasteiger partial charge on any atom is -0.278 e. The number of nitrogens with zero attached hydrogens (tertiary/aromatic N) is 1. The Bertz CT molecular complexity index is 462. The Morgan fingerprint density at radius 1 is 1.36 bits per heavy atom. The molecule has 2 aromatic rings. The van der Waals surface area contributed by atoms with Crippen molar-refractivity contribution in [3.63, 3.8) is 0 Å². The number of benzene rings is 1. The average Bonchev–Trinajstić information content (AvgIpc) is 2.58. The number of rotatable bonds is 2. The Morgan fingerprint density at radius 2 is 2.14 bits per heavy atom. The zero-order valence-electron chi connectivity index (χ0n) is 8.54. The Morgan fingerprint density at radius 3 is 2.93 bits per heavy atom. The van der Waals surface area contributed by atoms with E-state index in [0.717, 1.165) is 17.6 Å². The van der Waals surface area contributed by atoms with Crippen LogP contribution < -0.4 is 0 Å². The van der Waals surface area contributed by atoms with Gasteiger partial charge in [0.2, 0.25) is 0 Å². The molecule has 2 heteroatoms. The molecule has 0 fully saturated rings. The molecule has 0 aliphatic heterocycles. The van der Waals surface area contributed by atoms with Gasteiger partial charge in [-0.05, 0) is 19.9 Å². The Balaban J connectivity index is 2.38. The molecule has 0 amide bonds. The number of aromatic amines is 1. The smallest absolute Gasteiger partial charge is 0.0738 e. The van der Waals surface area contributed by atoms with Crippen LogP contribution in [-0.2, 0) is 6.42 Å². The second-order valence-corrected chi connectivity index (χ2v) is 3.70. The summed E-state index contributed by atoms with van der Waals surface area (Å²) in [6.07, 6.45) is 3.11. The third kappa shape index (κ3) is 1.69. The Kier molecular flexibility index (Phi) is 2.35. The first-order valence-electron chi connectivity index (χ1n) is 4.83. The van der Waals surface area contributed by atoms with E-state index in [-0.39, 0.29) is 0 Å². The van der Waals surface area contributed by atoms with Gasteiger partial charge in [-0.3, -0.25) is 5.10 Å². The lowest BCUT2D eigenvalue weighted by molar-refractivity contribution is 1.02. The maximum Gasteiger partial charge on any atom is 0.0738 e. The highest BCUT2D eigenvalue weighted by Gasteiger charge is 2.01. The van der Waals surface area contributed by atoms with Crippen molar-refractivity contribution >= 4 is 10.9 Å². The second kappa shape index (κ2) is 3.66. The highest BCUT2D eigenvalue weighted by molar-refractivity contribution is 5.81. The van der Waals surface area contributed by atoms with Gasteiger partial charge in [-0.2, -0.15) is 5.10 Å². The lowest BCUT2D eigenvalue weighted by atomic mass is 10.1. The molecule has 0 atom stereocenters. The highest BCUT2D eigenvalue weighted by Crippen LogP contribution is 2.15. The minimum atomic E-state index is 0.909.